The Morgan fingerprint density at radius 2 is 1.84 bits per heavy atom. The van der Waals surface area contributed by atoms with E-state index in [9.17, 15) is 0 Å². The van der Waals surface area contributed by atoms with E-state index in [2.05, 4.69) is 62.7 Å². The first-order chi connectivity index (χ1) is 9.15. The first kappa shape index (κ1) is 13.9. The van der Waals surface area contributed by atoms with Crippen molar-refractivity contribution in [3.05, 3.63) is 41.7 Å². The third-order valence-corrected chi connectivity index (χ3v) is 3.50. The van der Waals surface area contributed by atoms with Gasteiger partial charge in [-0.2, -0.15) is 5.10 Å². The van der Waals surface area contributed by atoms with E-state index in [-0.39, 0.29) is 0 Å². The molecule has 0 aliphatic carbocycles. The van der Waals surface area contributed by atoms with Crippen molar-refractivity contribution >= 4 is 0 Å². The SMILES string of the molecule is CCCCc1c(-c2ccccc2)c(C)nn1C(C)C. The van der Waals surface area contributed by atoms with Crippen molar-refractivity contribution in [2.24, 2.45) is 0 Å². The van der Waals surface area contributed by atoms with Crippen LogP contribution in [0.5, 0.6) is 0 Å². The molecule has 1 aromatic carbocycles. The van der Waals surface area contributed by atoms with Gasteiger partial charge in [0.05, 0.1) is 5.69 Å². The molecule has 0 bridgehead atoms. The fourth-order valence-corrected chi connectivity index (χ4v) is 2.59. The molecule has 102 valence electrons. The van der Waals surface area contributed by atoms with Crippen molar-refractivity contribution in [1.29, 1.82) is 0 Å². The number of rotatable bonds is 5. The van der Waals surface area contributed by atoms with Gasteiger partial charge in [-0.25, -0.2) is 0 Å². The summed E-state index contributed by atoms with van der Waals surface area (Å²) in [7, 11) is 0. The molecular weight excluding hydrogens is 232 g/mol. The lowest BCUT2D eigenvalue weighted by atomic mass is 10.0. The molecule has 0 spiro atoms. The van der Waals surface area contributed by atoms with Crippen molar-refractivity contribution in [1.82, 2.24) is 9.78 Å². The van der Waals surface area contributed by atoms with E-state index in [0.29, 0.717) is 6.04 Å². The van der Waals surface area contributed by atoms with Gasteiger partial charge in [-0.15, -0.1) is 0 Å². The minimum Gasteiger partial charge on any atom is -0.266 e. The molecule has 0 atom stereocenters. The third-order valence-electron chi connectivity index (χ3n) is 3.50. The maximum absolute atomic E-state index is 4.76. The first-order valence-electron chi connectivity index (χ1n) is 7.28. The highest BCUT2D eigenvalue weighted by Crippen LogP contribution is 2.30. The summed E-state index contributed by atoms with van der Waals surface area (Å²) in [5, 5.41) is 4.76. The van der Waals surface area contributed by atoms with Crippen molar-refractivity contribution in [2.45, 2.75) is 53.0 Å². The van der Waals surface area contributed by atoms with Gasteiger partial charge in [-0.1, -0.05) is 43.7 Å². The van der Waals surface area contributed by atoms with E-state index < -0.39 is 0 Å². The lowest BCUT2D eigenvalue weighted by Gasteiger charge is -2.12. The number of benzene rings is 1. The van der Waals surface area contributed by atoms with E-state index in [1.165, 1.54) is 29.7 Å². The number of hydrogen-bond acceptors (Lipinski definition) is 1. The largest absolute Gasteiger partial charge is 0.266 e. The zero-order valence-corrected chi connectivity index (χ0v) is 12.5. The van der Waals surface area contributed by atoms with Crippen LogP contribution in [0.4, 0.5) is 0 Å². The van der Waals surface area contributed by atoms with Crippen LogP contribution in [0.15, 0.2) is 30.3 Å². The van der Waals surface area contributed by atoms with Gasteiger partial charge in [0.15, 0.2) is 0 Å². The third kappa shape index (κ3) is 2.89. The molecule has 0 saturated heterocycles. The van der Waals surface area contributed by atoms with Gasteiger partial charge < -0.3 is 0 Å². The predicted molar refractivity (Wildman–Crippen MR) is 81.4 cm³/mol. The Bertz CT molecular complexity index is 524. The van der Waals surface area contributed by atoms with E-state index in [0.717, 1.165) is 12.1 Å². The van der Waals surface area contributed by atoms with E-state index in [4.69, 9.17) is 5.10 Å². The molecule has 0 unspecified atom stereocenters. The molecule has 2 aromatic rings. The molecule has 1 heterocycles. The minimum absolute atomic E-state index is 0.419. The highest BCUT2D eigenvalue weighted by molar-refractivity contribution is 5.68. The molecule has 0 aliphatic heterocycles. The van der Waals surface area contributed by atoms with Gasteiger partial charge in [-0.3, -0.25) is 4.68 Å². The summed E-state index contributed by atoms with van der Waals surface area (Å²) >= 11 is 0. The summed E-state index contributed by atoms with van der Waals surface area (Å²) in [6.45, 7) is 8.77. The van der Waals surface area contributed by atoms with Gasteiger partial charge in [0, 0.05) is 17.3 Å². The topological polar surface area (TPSA) is 17.8 Å². The molecule has 19 heavy (non-hydrogen) atoms. The Morgan fingerprint density at radius 3 is 2.42 bits per heavy atom. The maximum Gasteiger partial charge on any atom is 0.0675 e. The molecule has 0 aliphatic rings. The fourth-order valence-electron chi connectivity index (χ4n) is 2.59. The van der Waals surface area contributed by atoms with E-state index in [1.807, 2.05) is 0 Å². The second-order valence-electron chi connectivity index (χ2n) is 5.42. The Labute approximate surface area is 116 Å². The monoisotopic (exact) mass is 256 g/mol. The number of aromatic nitrogens is 2. The summed E-state index contributed by atoms with van der Waals surface area (Å²) in [4.78, 5) is 0. The quantitative estimate of drug-likeness (QED) is 0.752. The van der Waals surface area contributed by atoms with Crippen molar-refractivity contribution < 1.29 is 0 Å². The van der Waals surface area contributed by atoms with Gasteiger partial charge in [-0.05, 0) is 39.2 Å². The molecule has 2 rings (SSSR count). The van der Waals surface area contributed by atoms with Crippen LogP contribution in [0.2, 0.25) is 0 Å². The molecule has 0 fully saturated rings. The molecule has 0 amide bonds. The van der Waals surface area contributed by atoms with E-state index in [1.54, 1.807) is 0 Å². The smallest absolute Gasteiger partial charge is 0.0675 e. The summed E-state index contributed by atoms with van der Waals surface area (Å²) in [5.74, 6) is 0. The van der Waals surface area contributed by atoms with Crippen LogP contribution < -0.4 is 0 Å². The zero-order valence-electron chi connectivity index (χ0n) is 12.5. The number of unbranched alkanes of at least 4 members (excludes halogenated alkanes) is 1. The molecule has 0 radical (unpaired) electrons. The van der Waals surface area contributed by atoms with Crippen LogP contribution in [-0.4, -0.2) is 9.78 Å². The average Bonchev–Trinajstić information content (AvgIpc) is 2.74. The fraction of sp³-hybridized carbons (Fsp3) is 0.471. The molecule has 2 nitrogen and oxygen atoms in total. The number of hydrogen-bond donors (Lipinski definition) is 0. The normalized spacial score (nSPS) is 11.2. The summed E-state index contributed by atoms with van der Waals surface area (Å²) in [5.41, 5.74) is 5.16. The zero-order chi connectivity index (χ0) is 13.8. The van der Waals surface area contributed by atoms with Crippen LogP contribution in [-0.2, 0) is 6.42 Å². The van der Waals surface area contributed by atoms with Crippen molar-refractivity contribution in [2.75, 3.05) is 0 Å². The Hall–Kier alpha value is -1.57. The highest BCUT2D eigenvalue weighted by Gasteiger charge is 2.17. The molecular formula is C17H24N2. The lowest BCUT2D eigenvalue weighted by Crippen LogP contribution is -2.08. The summed E-state index contributed by atoms with van der Waals surface area (Å²) in [6, 6.07) is 11.1. The van der Waals surface area contributed by atoms with Crippen LogP contribution in [0, 0.1) is 6.92 Å². The van der Waals surface area contributed by atoms with Gasteiger partial charge in [0.25, 0.3) is 0 Å². The maximum atomic E-state index is 4.76. The Balaban J connectivity index is 2.52. The standard InChI is InChI=1S/C17H24N2/c1-5-6-12-16-17(15-10-8-7-9-11-15)14(4)18-19(16)13(2)3/h7-11,13H,5-6,12H2,1-4H3. The van der Waals surface area contributed by atoms with Gasteiger partial charge >= 0.3 is 0 Å². The second kappa shape index (κ2) is 6.05. The second-order valence-corrected chi connectivity index (χ2v) is 5.42. The van der Waals surface area contributed by atoms with Crippen LogP contribution >= 0.6 is 0 Å². The average molecular weight is 256 g/mol. The summed E-state index contributed by atoms with van der Waals surface area (Å²) < 4.78 is 2.20. The van der Waals surface area contributed by atoms with Gasteiger partial charge in [0.2, 0.25) is 0 Å². The lowest BCUT2D eigenvalue weighted by molar-refractivity contribution is 0.502. The minimum atomic E-state index is 0.419. The Kier molecular flexibility index (Phi) is 4.41. The van der Waals surface area contributed by atoms with Gasteiger partial charge in [0.1, 0.15) is 0 Å². The molecule has 0 saturated carbocycles. The van der Waals surface area contributed by atoms with E-state index >= 15 is 0 Å². The van der Waals surface area contributed by atoms with Crippen LogP contribution in [0.1, 0.15) is 51.0 Å². The molecule has 1 aromatic heterocycles. The van der Waals surface area contributed by atoms with Crippen molar-refractivity contribution in [3.63, 3.8) is 0 Å². The summed E-state index contributed by atoms with van der Waals surface area (Å²) in [6.07, 6.45) is 3.55. The molecule has 0 N–H and O–H groups in total. The molecule has 2 heteroatoms. The number of aryl methyl sites for hydroxylation is 1. The highest BCUT2D eigenvalue weighted by atomic mass is 15.3. The van der Waals surface area contributed by atoms with Crippen LogP contribution in [0.3, 0.4) is 0 Å². The predicted octanol–water partition coefficient (Wildman–Crippen LogP) is 4.78. The first-order valence-corrected chi connectivity index (χ1v) is 7.28. The van der Waals surface area contributed by atoms with Crippen LogP contribution in [0.25, 0.3) is 11.1 Å². The Morgan fingerprint density at radius 1 is 1.16 bits per heavy atom. The van der Waals surface area contributed by atoms with Crippen molar-refractivity contribution in [3.8, 4) is 11.1 Å². The number of nitrogens with zero attached hydrogens (tertiary/aromatic N) is 2.